The number of aromatic nitrogens is 2. The van der Waals surface area contributed by atoms with Crippen molar-refractivity contribution < 1.29 is 4.57 Å². The lowest BCUT2D eigenvalue weighted by Gasteiger charge is -2.17. The van der Waals surface area contributed by atoms with Crippen LogP contribution >= 0.6 is 0 Å². The highest BCUT2D eigenvalue weighted by Crippen LogP contribution is 2.43. The van der Waals surface area contributed by atoms with Crippen LogP contribution in [0.5, 0.6) is 0 Å². The summed E-state index contributed by atoms with van der Waals surface area (Å²) < 4.78 is 4.55. The van der Waals surface area contributed by atoms with Crippen LogP contribution in [-0.4, -0.2) is 4.40 Å². The molecule has 0 saturated carbocycles. The van der Waals surface area contributed by atoms with Crippen LogP contribution in [0.15, 0.2) is 48.7 Å². The maximum absolute atomic E-state index is 7.79. The van der Waals surface area contributed by atoms with Crippen molar-refractivity contribution >= 4 is 54.7 Å². The van der Waals surface area contributed by atoms with E-state index in [2.05, 4.69) is 76.1 Å². The fraction of sp³-hybridized carbons (Fsp3) is 0.207. The molecule has 0 bridgehead atoms. The monoisotopic (exact) mass is 427 g/mol. The van der Waals surface area contributed by atoms with Crippen LogP contribution in [0.25, 0.3) is 58.7 Å². The van der Waals surface area contributed by atoms with E-state index >= 15 is 0 Å². The summed E-state index contributed by atoms with van der Waals surface area (Å²) >= 11 is 0. The molecule has 0 N–H and O–H groups in total. The number of rotatable bonds is 1. The molecule has 0 radical (unpaired) electrons. The lowest BCUT2D eigenvalue weighted by Crippen LogP contribution is -2.29. The maximum Gasteiger partial charge on any atom is 0.252 e. The minimum Gasteiger partial charge on any atom is -0.309 e. The standard InChI is InChI=1S/C29H23N4/c1-16-12-22-21-9-8-20(30-5)15-23(21)33-24-14-19(29(3,4)31-6)13-18-10-11-32(7)28(26(18)24)25(17(16)2)27(22)33/h8-15H,1-4,7H3/q+1. The Balaban J connectivity index is 2.06. The minimum atomic E-state index is -0.629. The molecule has 0 amide bonds. The molecular formula is C29H23N4+. The minimum absolute atomic E-state index is 0.629. The first-order valence-corrected chi connectivity index (χ1v) is 11.1. The third-order valence-electron chi connectivity index (χ3n) is 7.36. The van der Waals surface area contributed by atoms with Crippen LogP contribution in [0.4, 0.5) is 5.69 Å². The van der Waals surface area contributed by atoms with Gasteiger partial charge in [0.1, 0.15) is 7.05 Å². The molecule has 0 aliphatic rings. The van der Waals surface area contributed by atoms with Crippen molar-refractivity contribution in [3.63, 3.8) is 0 Å². The molecule has 0 fully saturated rings. The highest BCUT2D eigenvalue weighted by molar-refractivity contribution is 6.26. The average molecular weight is 428 g/mol. The van der Waals surface area contributed by atoms with Gasteiger partial charge >= 0.3 is 0 Å². The summed E-state index contributed by atoms with van der Waals surface area (Å²) in [6.45, 7) is 23.7. The number of fused-ring (bicyclic) bond motifs is 5. The molecule has 0 spiro atoms. The van der Waals surface area contributed by atoms with Crippen molar-refractivity contribution in [2.24, 2.45) is 7.05 Å². The molecule has 0 aliphatic heterocycles. The smallest absolute Gasteiger partial charge is 0.252 e. The summed E-state index contributed by atoms with van der Waals surface area (Å²) in [5.41, 5.74) is 8.07. The number of hydrogen-bond acceptors (Lipinski definition) is 0. The van der Waals surface area contributed by atoms with Gasteiger partial charge < -0.3 is 9.25 Å². The highest BCUT2D eigenvalue weighted by atomic mass is 15.0. The van der Waals surface area contributed by atoms with Crippen LogP contribution in [-0.2, 0) is 12.6 Å². The average Bonchev–Trinajstić information content (AvgIpc) is 3.13. The number of benzene rings is 3. The third-order valence-corrected chi connectivity index (χ3v) is 7.36. The molecule has 0 saturated heterocycles. The van der Waals surface area contributed by atoms with Gasteiger partial charge in [0.15, 0.2) is 11.9 Å². The molecule has 4 nitrogen and oxygen atoms in total. The van der Waals surface area contributed by atoms with Gasteiger partial charge in [-0.1, -0.05) is 12.1 Å². The van der Waals surface area contributed by atoms with E-state index in [0.717, 1.165) is 27.4 Å². The SMILES string of the molecule is [C-]#[N+]c1ccc2c3cc(C)c(C)c4c3n(c2c1)c1cc(C(C)(C)[N+]#[C-])cc2cc[n+](C)c4c21. The molecule has 0 aliphatic carbocycles. The van der Waals surface area contributed by atoms with Gasteiger partial charge in [-0.05, 0) is 54.6 Å². The van der Waals surface area contributed by atoms with E-state index in [1.165, 1.54) is 38.3 Å². The zero-order valence-electron chi connectivity index (χ0n) is 19.4. The molecule has 3 aromatic carbocycles. The first-order chi connectivity index (χ1) is 15.8. The fourth-order valence-electron chi connectivity index (χ4n) is 5.38. The van der Waals surface area contributed by atoms with Gasteiger partial charge in [-0.3, -0.25) is 0 Å². The van der Waals surface area contributed by atoms with Gasteiger partial charge in [0, 0.05) is 41.8 Å². The quantitative estimate of drug-likeness (QED) is 0.115. The van der Waals surface area contributed by atoms with Gasteiger partial charge in [-0.2, -0.15) is 0 Å². The molecule has 6 rings (SSSR count). The van der Waals surface area contributed by atoms with Crippen molar-refractivity contribution in [1.29, 1.82) is 0 Å². The predicted octanol–water partition coefficient (Wildman–Crippen LogP) is 7.14. The second-order valence-electron chi connectivity index (χ2n) is 9.64. The first kappa shape index (κ1) is 19.5. The molecule has 0 atom stereocenters. The summed E-state index contributed by atoms with van der Waals surface area (Å²) in [5.74, 6) is 0. The van der Waals surface area contributed by atoms with Crippen LogP contribution in [0.3, 0.4) is 0 Å². The Bertz CT molecular complexity index is 1890. The lowest BCUT2D eigenvalue weighted by atomic mass is 9.90. The number of hydrogen-bond donors (Lipinski definition) is 0. The van der Waals surface area contributed by atoms with E-state index in [-0.39, 0.29) is 0 Å². The maximum atomic E-state index is 7.79. The Hall–Kier alpha value is -4.15. The summed E-state index contributed by atoms with van der Waals surface area (Å²) in [6.07, 6.45) is 2.12. The predicted molar refractivity (Wildman–Crippen MR) is 135 cm³/mol. The molecule has 3 aromatic heterocycles. The van der Waals surface area contributed by atoms with E-state index in [1.54, 1.807) is 0 Å². The Labute approximate surface area is 192 Å². The molecule has 158 valence electrons. The van der Waals surface area contributed by atoms with E-state index < -0.39 is 5.54 Å². The summed E-state index contributed by atoms with van der Waals surface area (Å²) in [4.78, 5) is 7.63. The van der Waals surface area contributed by atoms with E-state index in [4.69, 9.17) is 13.1 Å². The van der Waals surface area contributed by atoms with Crippen molar-refractivity contribution in [2.45, 2.75) is 33.2 Å². The molecule has 33 heavy (non-hydrogen) atoms. The third kappa shape index (κ3) is 2.36. The Morgan fingerprint density at radius 1 is 0.909 bits per heavy atom. The van der Waals surface area contributed by atoms with Gasteiger partial charge in [-0.25, -0.2) is 16.0 Å². The lowest BCUT2D eigenvalue weighted by molar-refractivity contribution is -0.643. The zero-order chi connectivity index (χ0) is 23.2. The number of pyridine rings is 2. The fourth-order valence-corrected chi connectivity index (χ4v) is 5.38. The number of nitrogens with zero attached hydrogens (tertiary/aromatic N) is 4. The van der Waals surface area contributed by atoms with Crippen molar-refractivity contribution in [3.05, 3.63) is 88.2 Å². The van der Waals surface area contributed by atoms with Crippen molar-refractivity contribution in [3.8, 4) is 0 Å². The Kier molecular flexibility index (Phi) is 3.68. The largest absolute Gasteiger partial charge is 0.309 e. The molecule has 6 aromatic rings. The first-order valence-electron chi connectivity index (χ1n) is 11.1. The summed E-state index contributed by atoms with van der Waals surface area (Å²) in [6, 6.07) is 14.8. The molecule has 4 heteroatoms. The van der Waals surface area contributed by atoms with Crippen LogP contribution in [0, 0.1) is 27.0 Å². The summed E-state index contributed by atoms with van der Waals surface area (Å²) in [7, 11) is 2.11. The Morgan fingerprint density at radius 2 is 1.70 bits per heavy atom. The van der Waals surface area contributed by atoms with E-state index in [0.29, 0.717) is 5.69 Å². The second-order valence-corrected chi connectivity index (χ2v) is 9.64. The molecule has 0 unspecified atom stereocenters. The second kappa shape index (κ2) is 6.21. The zero-order valence-corrected chi connectivity index (χ0v) is 19.4. The van der Waals surface area contributed by atoms with Gasteiger partial charge in [0.2, 0.25) is 5.52 Å². The van der Waals surface area contributed by atoms with Crippen LogP contribution in [0.1, 0.15) is 30.5 Å². The van der Waals surface area contributed by atoms with Gasteiger partial charge in [-0.15, -0.1) is 0 Å². The van der Waals surface area contributed by atoms with Gasteiger partial charge in [0.25, 0.3) is 5.54 Å². The van der Waals surface area contributed by atoms with Crippen LogP contribution < -0.4 is 4.57 Å². The van der Waals surface area contributed by atoms with Crippen molar-refractivity contribution in [1.82, 2.24) is 4.40 Å². The topological polar surface area (TPSA) is 17.0 Å². The molecular weight excluding hydrogens is 404 g/mol. The Morgan fingerprint density at radius 3 is 2.42 bits per heavy atom. The van der Waals surface area contributed by atoms with E-state index in [1.807, 2.05) is 26.0 Å². The highest BCUT2D eigenvalue weighted by Gasteiger charge is 2.30. The van der Waals surface area contributed by atoms with Gasteiger partial charge in [0.05, 0.1) is 28.4 Å². The van der Waals surface area contributed by atoms with Crippen molar-refractivity contribution in [2.75, 3.05) is 0 Å². The van der Waals surface area contributed by atoms with E-state index in [9.17, 15) is 0 Å². The molecule has 3 heterocycles. The normalized spacial score (nSPS) is 12.3. The van der Waals surface area contributed by atoms with Crippen LogP contribution in [0.2, 0.25) is 0 Å². The summed E-state index contributed by atoms with van der Waals surface area (Å²) in [5, 5.41) is 5.94. The number of aryl methyl sites for hydroxylation is 3.